The standard InChI is InChI=1S/C48H43BrN2O11/c1-56-37-18-10-31(11-19-37)44(52)51-45(53)33(26-27-49)29-50(47(51)55)43-28-41(62-46(54)32-12-20-38(57-2)21-13-32)42(61-43)30-60-48(34-8-6-5-7-9-34,35-14-22-39(58-3)23-15-35)36-16-24-40(59-4)25-17-36/h5-27,29,41-43H,28,30H2,1-4H3/b27-26+/t41-,42+,43+/m0/s1. The number of carbonyl (C=O) groups excluding carboxylic acids is 2. The van der Waals surface area contributed by atoms with E-state index in [1.165, 1.54) is 43.6 Å². The van der Waals surface area contributed by atoms with Crippen molar-refractivity contribution in [3.05, 3.63) is 193 Å². The fourth-order valence-corrected chi connectivity index (χ4v) is 7.67. The molecule has 0 spiro atoms. The van der Waals surface area contributed by atoms with Crippen molar-refractivity contribution >= 4 is 33.9 Å². The first-order chi connectivity index (χ1) is 30.1. The molecule has 0 bridgehead atoms. The number of methoxy groups -OCH3 is 4. The number of halogens is 1. The summed E-state index contributed by atoms with van der Waals surface area (Å²) in [7, 11) is 6.19. The zero-order valence-electron chi connectivity index (χ0n) is 34.3. The maximum atomic E-state index is 14.4. The molecule has 0 saturated carbocycles. The molecule has 0 N–H and O–H groups in total. The summed E-state index contributed by atoms with van der Waals surface area (Å²) in [6.07, 6.45) is -0.414. The van der Waals surface area contributed by atoms with E-state index in [1.54, 1.807) is 50.6 Å². The van der Waals surface area contributed by atoms with Crippen LogP contribution in [0, 0.1) is 0 Å². The minimum absolute atomic E-state index is 0.0144. The molecule has 1 aliphatic rings. The van der Waals surface area contributed by atoms with Gasteiger partial charge in [0, 0.05) is 18.2 Å². The molecule has 3 atom stereocenters. The lowest BCUT2D eigenvalue weighted by atomic mass is 9.80. The van der Waals surface area contributed by atoms with Crippen molar-refractivity contribution in [3.8, 4) is 23.0 Å². The Hall–Kier alpha value is -6.74. The van der Waals surface area contributed by atoms with Crippen molar-refractivity contribution in [3.63, 3.8) is 0 Å². The first-order valence-electron chi connectivity index (χ1n) is 19.5. The molecule has 5 aromatic carbocycles. The molecular formula is C48H43BrN2O11. The predicted octanol–water partition coefficient (Wildman–Crippen LogP) is 7.62. The number of aromatic nitrogens is 2. The lowest BCUT2D eigenvalue weighted by Crippen LogP contribution is -2.45. The van der Waals surface area contributed by atoms with Gasteiger partial charge in [0.05, 0.1) is 46.2 Å². The Bertz CT molecular complexity index is 2600. The molecule has 14 heteroatoms. The van der Waals surface area contributed by atoms with E-state index in [4.69, 9.17) is 33.2 Å². The minimum atomic E-state index is -1.27. The summed E-state index contributed by atoms with van der Waals surface area (Å²) >= 11 is 3.22. The molecule has 1 aliphatic heterocycles. The third-order valence-electron chi connectivity index (χ3n) is 10.6. The van der Waals surface area contributed by atoms with E-state index in [0.717, 1.165) is 21.3 Å². The zero-order valence-corrected chi connectivity index (χ0v) is 35.9. The summed E-state index contributed by atoms with van der Waals surface area (Å²) < 4.78 is 43.2. The molecule has 13 nitrogen and oxygen atoms in total. The topological polar surface area (TPSA) is 143 Å². The Morgan fingerprint density at radius 2 is 1.18 bits per heavy atom. The quantitative estimate of drug-likeness (QED) is 0.0742. The summed E-state index contributed by atoms with van der Waals surface area (Å²) in [6.45, 7) is -0.169. The highest BCUT2D eigenvalue weighted by Gasteiger charge is 2.44. The second-order valence-corrected chi connectivity index (χ2v) is 14.6. The Morgan fingerprint density at radius 3 is 1.68 bits per heavy atom. The van der Waals surface area contributed by atoms with Crippen molar-refractivity contribution in [1.29, 1.82) is 0 Å². The van der Waals surface area contributed by atoms with Gasteiger partial charge in [0.1, 0.15) is 47.0 Å². The van der Waals surface area contributed by atoms with Crippen molar-refractivity contribution in [2.75, 3.05) is 35.0 Å². The van der Waals surface area contributed by atoms with Crippen LogP contribution in [0.2, 0.25) is 0 Å². The van der Waals surface area contributed by atoms with Gasteiger partial charge in [0.25, 0.3) is 11.5 Å². The number of carbonyl (C=O) groups is 2. The van der Waals surface area contributed by atoms with Crippen LogP contribution in [0.4, 0.5) is 0 Å². The van der Waals surface area contributed by atoms with E-state index in [0.29, 0.717) is 27.6 Å². The second-order valence-electron chi connectivity index (χ2n) is 14.1. The van der Waals surface area contributed by atoms with Crippen molar-refractivity contribution < 1.29 is 42.7 Å². The lowest BCUT2D eigenvalue weighted by Gasteiger charge is -2.37. The molecule has 62 heavy (non-hydrogen) atoms. The fraction of sp³-hybridized carbons (Fsp3) is 0.208. The number of nitrogens with zero attached hydrogens (tertiary/aromatic N) is 2. The van der Waals surface area contributed by atoms with Gasteiger partial charge in [-0.2, -0.15) is 4.57 Å². The number of ether oxygens (including phenoxy) is 7. The molecule has 318 valence electrons. The van der Waals surface area contributed by atoms with Gasteiger partial charge in [-0.15, -0.1) is 0 Å². The third kappa shape index (κ3) is 8.84. The summed E-state index contributed by atoms with van der Waals surface area (Å²) in [5, 5.41) is 0. The van der Waals surface area contributed by atoms with Crippen LogP contribution in [-0.4, -0.2) is 68.3 Å². The number of benzene rings is 5. The van der Waals surface area contributed by atoms with Crippen LogP contribution < -0.4 is 30.2 Å². The van der Waals surface area contributed by atoms with Gasteiger partial charge >= 0.3 is 11.7 Å². The molecule has 0 amide bonds. The van der Waals surface area contributed by atoms with Crippen LogP contribution in [0.1, 0.15) is 55.6 Å². The van der Waals surface area contributed by atoms with Crippen LogP contribution in [0.25, 0.3) is 6.08 Å². The summed E-state index contributed by atoms with van der Waals surface area (Å²) in [5.74, 6) is 0.821. The molecule has 0 unspecified atom stereocenters. The first-order valence-corrected chi connectivity index (χ1v) is 20.4. The Kier molecular flexibility index (Phi) is 13.5. The number of hydrogen-bond acceptors (Lipinski definition) is 11. The third-order valence-corrected chi connectivity index (χ3v) is 10.9. The smallest absolute Gasteiger partial charge is 0.340 e. The summed E-state index contributed by atoms with van der Waals surface area (Å²) in [4.78, 5) is 57.2. The van der Waals surface area contributed by atoms with E-state index in [1.807, 2.05) is 78.9 Å². The average Bonchev–Trinajstić information content (AvgIpc) is 3.72. The van der Waals surface area contributed by atoms with Gasteiger partial charge in [0.15, 0.2) is 0 Å². The van der Waals surface area contributed by atoms with E-state index in [9.17, 15) is 19.2 Å². The molecule has 2 heterocycles. The van der Waals surface area contributed by atoms with Crippen molar-refractivity contribution in [2.45, 2.75) is 30.5 Å². The van der Waals surface area contributed by atoms with Gasteiger partial charge in [0.2, 0.25) is 0 Å². The van der Waals surface area contributed by atoms with Gasteiger partial charge < -0.3 is 33.2 Å². The molecule has 0 aliphatic carbocycles. The molecule has 1 aromatic heterocycles. The van der Waals surface area contributed by atoms with E-state index >= 15 is 0 Å². The number of esters is 1. The van der Waals surface area contributed by atoms with Crippen LogP contribution in [0.5, 0.6) is 23.0 Å². The first kappa shape index (κ1) is 43.4. The second kappa shape index (κ2) is 19.3. The highest BCUT2D eigenvalue weighted by molar-refractivity contribution is 9.11. The SMILES string of the molecule is COc1ccc(C(=O)O[C@H]2C[C@H](n3cc(/C=C/Br)c(=O)n(C(=O)c4ccc(OC)cc4)c3=O)O[C@@H]2COC(c2ccccc2)(c2ccc(OC)cc2)c2ccc(OC)cc2)cc1. The molecule has 6 aromatic rings. The van der Waals surface area contributed by atoms with Crippen LogP contribution in [0.15, 0.2) is 148 Å². The van der Waals surface area contributed by atoms with Gasteiger partial charge in [-0.1, -0.05) is 70.5 Å². The molecule has 1 saturated heterocycles. The Morgan fingerprint density at radius 1 is 0.694 bits per heavy atom. The summed E-state index contributed by atoms with van der Waals surface area (Å²) in [6, 6.07) is 37.1. The highest BCUT2D eigenvalue weighted by Crippen LogP contribution is 2.43. The molecule has 7 rings (SSSR count). The number of rotatable bonds is 15. The molecule has 0 radical (unpaired) electrons. The summed E-state index contributed by atoms with van der Waals surface area (Å²) in [5.41, 5.74) is -0.428. The zero-order chi connectivity index (χ0) is 43.8. The van der Waals surface area contributed by atoms with Crippen LogP contribution in [-0.2, 0) is 19.8 Å². The number of hydrogen-bond donors (Lipinski definition) is 0. The maximum Gasteiger partial charge on any atom is 0.340 e. The van der Waals surface area contributed by atoms with Crippen LogP contribution in [0.3, 0.4) is 0 Å². The van der Waals surface area contributed by atoms with Gasteiger partial charge in [-0.05, 0) is 101 Å². The maximum absolute atomic E-state index is 14.4. The lowest BCUT2D eigenvalue weighted by molar-refractivity contribution is -0.0968. The van der Waals surface area contributed by atoms with Crippen molar-refractivity contribution in [2.24, 2.45) is 0 Å². The fourth-order valence-electron chi connectivity index (χ4n) is 7.38. The minimum Gasteiger partial charge on any atom is -0.497 e. The molecular weight excluding hydrogens is 860 g/mol. The average molecular weight is 904 g/mol. The monoisotopic (exact) mass is 902 g/mol. The Labute approximate surface area is 365 Å². The normalized spacial score (nSPS) is 16.2. The van der Waals surface area contributed by atoms with Gasteiger partial charge in [-0.25, -0.2) is 9.59 Å². The highest BCUT2D eigenvalue weighted by atomic mass is 79.9. The largest absolute Gasteiger partial charge is 0.497 e. The van der Waals surface area contributed by atoms with E-state index < -0.39 is 47.2 Å². The Balaban J connectivity index is 1.32. The predicted molar refractivity (Wildman–Crippen MR) is 235 cm³/mol. The molecule has 1 fully saturated rings. The van der Waals surface area contributed by atoms with Gasteiger partial charge in [-0.3, -0.25) is 14.2 Å². The van der Waals surface area contributed by atoms with Crippen LogP contribution >= 0.6 is 15.9 Å². The van der Waals surface area contributed by atoms with E-state index in [-0.39, 0.29) is 29.7 Å². The van der Waals surface area contributed by atoms with Crippen molar-refractivity contribution in [1.82, 2.24) is 9.13 Å². The van der Waals surface area contributed by atoms with E-state index in [2.05, 4.69) is 15.9 Å².